The molecular weight excluding hydrogens is 232 g/mol. The molecule has 0 saturated carbocycles. The van der Waals surface area contributed by atoms with Crippen molar-refractivity contribution in [2.75, 3.05) is 6.54 Å². The van der Waals surface area contributed by atoms with Gasteiger partial charge in [0.15, 0.2) is 0 Å². The smallest absolute Gasteiger partial charge is 0.305 e. The number of nitrogens with one attached hydrogen (secondary N) is 1. The monoisotopic (exact) mass is 258 g/mol. The van der Waals surface area contributed by atoms with Crippen LogP contribution in [0.25, 0.3) is 0 Å². The van der Waals surface area contributed by atoms with Crippen molar-refractivity contribution >= 4 is 11.9 Å². The van der Waals surface area contributed by atoms with E-state index in [1.807, 2.05) is 27.7 Å². The van der Waals surface area contributed by atoms with E-state index >= 15 is 0 Å². The molecule has 0 fully saturated rings. The maximum absolute atomic E-state index is 12.2. The van der Waals surface area contributed by atoms with Crippen LogP contribution in [0.4, 0.5) is 0 Å². The van der Waals surface area contributed by atoms with Crippen LogP contribution >= 0.6 is 0 Å². The third-order valence-corrected chi connectivity index (χ3v) is 3.51. The summed E-state index contributed by atoms with van der Waals surface area (Å²) in [6.07, 6.45) is 0.541. The second kappa shape index (κ2) is 6.18. The fraction of sp³-hybridized carbons (Fsp3) is 0.846. The number of carboxylic acid groups (broad SMARTS) is 1. The molecule has 2 atom stereocenters. The molecule has 0 bridgehead atoms. The molecule has 0 saturated heterocycles. The minimum Gasteiger partial charge on any atom is -0.481 e. The highest BCUT2D eigenvalue weighted by Gasteiger charge is 2.35. The number of hydrogen-bond acceptors (Lipinski definition) is 3. The number of amides is 1. The maximum atomic E-state index is 12.2. The van der Waals surface area contributed by atoms with Crippen LogP contribution < -0.4 is 11.1 Å². The van der Waals surface area contributed by atoms with Crippen molar-refractivity contribution in [3.05, 3.63) is 0 Å². The summed E-state index contributed by atoms with van der Waals surface area (Å²) < 4.78 is 0. The van der Waals surface area contributed by atoms with E-state index in [1.54, 1.807) is 6.92 Å². The minimum atomic E-state index is -0.916. The highest BCUT2D eigenvalue weighted by atomic mass is 16.4. The fourth-order valence-electron chi connectivity index (χ4n) is 1.48. The van der Waals surface area contributed by atoms with Gasteiger partial charge in [-0.3, -0.25) is 9.59 Å². The largest absolute Gasteiger partial charge is 0.481 e. The molecule has 5 nitrogen and oxygen atoms in total. The summed E-state index contributed by atoms with van der Waals surface area (Å²) >= 11 is 0. The van der Waals surface area contributed by atoms with Crippen molar-refractivity contribution in [1.82, 2.24) is 5.32 Å². The van der Waals surface area contributed by atoms with Crippen molar-refractivity contribution in [3.63, 3.8) is 0 Å². The Morgan fingerprint density at radius 2 is 1.78 bits per heavy atom. The molecule has 5 heteroatoms. The summed E-state index contributed by atoms with van der Waals surface area (Å²) in [5, 5.41) is 11.7. The molecule has 0 radical (unpaired) electrons. The molecule has 0 aromatic heterocycles. The number of rotatable bonds is 6. The number of nitrogens with two attached hydrogens (primary N) is 1. The lowest BCUT2D eigenvalue weighted by atomic mass is 9.82. The number of carbonyl (C=O) groups excluding carboxylic acids is 1. The van der Waals surface area contributed by atoms with Gasteiger partial charge in [-0.2, -0.15) is 0 Å². The molecule has 0 spiro atoms. The van der Waals surface area contributed by atoms with Gasteiger partial charge in [0, 0.05) is 12.6 Å². The molecular formula is C13H26N2O3. The molecule has 0 aliphatic carbocycles. The fourth-order valence-corrected chi connectivity index (χ4v) is 1.48. The zero-order valence-corrected chi connectivity index (χ0v) is 12.0. The Morgan fingerprint density at radius 3 is 2.06 bits per heavy atom. The molecule has 2 unspecified atom stereocenters. The number of carbonyl (C=O) groups is 2. The number of hydrogen-bond donors (Lipinski definition) is 3. The Balaban J connectivity index is 4.89. The standard InChI is InChI=1S/C13H26N2O3/c1-6-13(5,8-14)11(18)15-9(7-10(16)17)12(2,3)4/h9H,6-8,14H2,1-5H3,(H,15,18)(H,16,17). The zero-order chi connectivity index (χ0) is 14.6. The lowest BCUT2D eigenvalue weighted by Crippen LogP contribution is -2.52. The summed E-state index contributed by atoms with van der Waals surface area (Å²) in [7, 11) is 0. The van der Waals surface area contributed by atoms with E-state index in [9.17, 15) is 9.59 Å². The first-order chi connectivity index (χ1) is 8.06. The van der Waals surface area contributed by atoms with Gasteiger partial charge in [0.2, 0.25) is 5.91 Å². The van der Waals surface area contributed by atoms with Gasteiger partial charge in [0.1, 0.15) is 0 Å². The lowest BCUT2D eigenvalue weighted by molar-refractivity contribution is -0.139. The average molecular weight is 258 g/mol. The lowest BCUT2D eigenvalue weighted by Gasteiger charge is -2.34. The summed E-state index contributed by atoms with van der Waals surface area (Å²) in [6.45, 7) is 9.67. The van der Waals surface area contributed by atoms with Gasteiger partial charge in [0.05, 0.1) is 11.8 Å². The second-order valence-corrected chi connectivity index (χ2v) is 6.11. The van der Waals surface area contributed by atoms with Gasteiger partial charge < -0.3 is 16.2 Å². The first-order valence-electron chi connectivity index (χ1n) is 6.29. The Bertz CT molecular complexity index is 304. The van der Waals surface area contributed by atoms with Crippen LogP contribution in [-0.4, -0.2) is 29.6 Å². The quantitative estimate of drug-likeness (QED) is 0.671. The Morgan fingerprint density at radius 1 is 1.28 bits per heavy atom. The third kappa shape index (κ3) is 4.64. The number of aliphatic carboxylic acids is 1. The van der Waals surface area contributed by atoms with E-state index in [1.165, 1.54) is 0 Å². The van der Waals surface area contributed by atoms with Crippen molar-refractivity contribution < 1.29 is 14.7 Å². The molecule has 0 heterocycles. The highest BCUT2D eigenvalue weighted by Crippen LogP contribution is 2.25. The molecule has 1 amide bonds. The topological polar surface area (TPSA) is 92.4 Å². The van der Waals surface area contributed by atoms with Crippen LogP contribution in [0.15, 0.2) is 0 Å². The van der Waals surface area contributed by atoms with Crippen LogP contribution in [0.2, 0.25) is 0 Å². The van der Waals surface area contributed by atoms with Gasteiger partial charge in [0.25, 0.3) is 0 Å². The summed E-state index contributed by atoms with van der Waals surface area (Å²) in [5.74, 6) is -1.09. The van der Waals surface area contributed by atoms with Crippen molar-refractivity contribution in [3.8, 4) is 0 Å². The van der Waals surface area contributed by atoms with Gasteiger partial charge in [-0.15, -0.1) is 0 Å². The Labute approximate surface area is 109 Å². The molecule has 0 rings (SSSR count). The normalized spacial score (nSPS) is 16.8. The SMILES string of the molecule is CCC(C)(CN)C(=O)NC(CC(=O)O)C(C)(C)C. The molecule has 0 aromatic carbocycles. The molecule has 0 aromatic rings. The first kappa shape index (κ1) is 16.9. The predicted molar refractivity (Wildman–Crippen MR) is 71.1 cm³/mol. The van der Waals surface area contributed by atoms with Crippen LogP contribution in [-0.2, 0) is 9.59 Å². The van der Waals surface area contributed by atoms with E-state index in [0.29, 0.717) is 6.42 Å². The van der Waals surface area contributed by atoms with Crippen molar-refractivity contribution in [2.24, 2.45) is 16.6 Å². The van der Waals surface area contributed by atoms with E-state index in [4.69, 9.17) is 10.8 Å². The maximum Gasteiger partial charge on any atom is 0.305 e. The molecule has 0 aliphatic heterocycles. The van der Waals surface area contributed by atoms with E-state index < -0.39 is 17.4 Å². The van der Waals surface area contributed by atoms with Crippen LogP contribution in [0.1, 0.15) is 47.5 Å². The zero-order valence-electron chi connectivity index (χ0n) is 12.0. The predicted octanol–water partition coefficient (Wildman–Crippen LogP) is 1.37. The minimum absolute atomic E-state index is 0.0837. The van der Waals surface area contributed by atoms with E-state index in [-0.39, 0.29) is 24.3 Å². The molecule has 4 N–H and O–H groups in total. The summed E-state index contributed by atoms with van der Waals surface area (Å²) in [5.41, 5.74) is 4.68. The highest BCUT2D eigenvalue weighted by molar-refractivity contribution is 5.83. The second-order valence-electron chi connectivity index (χ2n) is 6.11. The van der Waals surface area contributed by atoms with Gasteiger partial charge >= 0.3 is 5.97 Å². The Kier molecular flexibility index (Phi) is 5.80. The van der Waals surface area contributed by atoms with Crippen LogP contribution in [0, 0.1) is 10.8 Å². The van der Waals surface area contributed by atoms with Crippen LogP contribution in [0.3, 0.4) is 0 Å². The third-order valence-electron chi connectivity index (χ3n) is 3.51. The Hall–Kier alpha value is -1.10. The van der Waals surface area contributed by atoms with Gasteiger partial charge in [-0.05, 0) is 18.8 Å². The van der Waals surface area contributed by atoms with Gasteiger partial charge in [-0.1, -0.05) is 27.7 Å². The van der Waals surface area contributed by atoms with Crippen molar-refractivity contribution in [2.45, 2.75) is 53.5 Å². The summed E-state index contributed by atoms with van der Waals surface area (Å²) in [6, 6.07) is -0.403. The van der Waals surface area contributed by atoms with E-state index in [0.717, 1.165) is 0 Å². The molecule has 0 aliphatic rings. The molecule has 106 valence electrons. The average Bonchev–Trinajstić information content (AvgIpc) is 2.25. The first-order valence-corrected chi connectivity index (χ1v) is 6.29. The number of carboxylic acids is 1. The van der Waals surface area contributed by atoms with Crippen molar-refractivity contribution in [1.29, 1.82) is 0 Å². The molecule has 18 heavy (non-hydrogen) atoms. The summed E-state index contributed by atoms with van der Waals surface area (Å²) in [4.78, 5) is 23.0. The van der Waals surface area contributed by atoms with Crippen LogP contribution in [0.5, 0.6) is 0 Å². The van der Waals surface area contributed by atoms with E-state index in [2.05, 4.69) is 5.32 Å². The van der Waals surface area contributed by atoms with Gasteiger partial charge in [-0.25, -0.2) is 0 Å².